The first-order valence-corrected chi connectivity index (χ1v) is 8.59. The van der Waals surface area contributed by atoms with Crippen molar-refractivity contribution in [3.63, 3.8) is 0 Å². The van der Waals surface area contributed by atoms with E-state index in [9.17, 15) is 5.26 Å². The van der Waals surface area contributed by atoms with E-state index in [4.69, 9.17) is 9.47 Å². The lowest BCUT2D eigenvalue weighted by Crippen LogP contribution is -2.31. The fourth-order valence-corrected chi connectivity index (χ4v) is 3.36. The summed E-state index contributed by atoms with van der Waals surface area (Å²) in [6.07, 6.45) is 6.25. The van der Waals surface area contributed by atoms with Crippen molar-refractivity contribution in [2.75, 3.05) is 20.3 Å². The van der Waals surface area contributed by atoms with Crippen molar-refractivity contribution in [3.8, 4) is 11.8 Å². The summed E-state index contributed by atoms with van der Waals surface area (Å²) >= 11 is 0. The van der Waals surface area contributed by atoms with Gasteiger partial charge in [-0.15, -0.1) is 0 Å². The van der Waals surface area contributed by atoms with E-state index in [2.05, 4.69) is 16.5 Å². The third kappa shape index (κ3) is 4.19. The second-order valence-electron chi connectivity index (χ2n) is 6.42. The molecule has 0 unspecified atom stereocenters. The van der Waals surface area contributed by atoms with Gasteiger partial charge in [-0.05, 0) is 30.5 Å². The molecule has 1 aromatic heterocycles. The summed E-state index contributed by atoms with van der Waals surface area (Å²) in [6, 6.07) is 7.89. The van der Waals surface area contributed by atoms with Crippen LogP contribution in [0.2, 0.25) is 0 Å². The predicted octanol–water partition coefficient (Wildman–Crippen LogP) is 2.56. The van der Waals surface area contributed by atoms with Crippen molar-refractivity contribution in [2.24, 2.45) is 13.0 Å². The number of aryl methyl sites for hydroxylation is 1. The Balaban J connectivity index is 1.59. The summed E-state index contributed by atoms with van der Waals surface area (Å²) in [5.74, 6) is 1.04. The van der Waals surface area contributed by atoms with Gasteiger partial charge in [0.15, 0.2) is 0 Å². The van der Waals surface area contributed by atoms with Crippen molar-refractivity contribution in [1.82, 2.24) is 15.1 Å². The molecule has 3 rings (SSSR count). The van der Waals surface area contributed by atoms with Crippen LogP contribution in [0.3, 0.4) is 0 Å². The highest BCUT2D eigenvalue weighted by atomic mass is 16.5. The third-order valence-corrected chi connectivity index (χ3v) is 4.62. The number of hydrogen-bond donors (Lipinski definition) is 1. The summed E-state index contributed by atoms with van der Waals surface area (Å²) in [7, 11) is 3.51. The SMILES string of the molecule is COc1ccc(CNC[C@@H]2CCCO[C@H]2c2cnn(C)c2)cc1C#N. The number of aromatic nitrogens is 2. The Kier molecular flexibility index (Phi) is 5.69. The first kappa shape index (κ1) is 17.5. The lowest BCUT2D eigenvalue weighted by atomic mass is 9.91. The average Bonchev–Trinajstić information content (AvgIpc) is 3.08. The lowest BCUT2D eigenvalue weighted by Gasteiger charge is -2.31. The van der Waals surface area contributed by atoms with Crippen LogP contribution in [-0.2, 0) is 18.3 Å². The van der Waals surface area contributed by atoms with E-state index in [-0.39, 0.29) is 6.10 Å². The molecule has 25 heavy (non-hydrogen) atoms. The van der Waals surface area contributed by atoms with Gasteiger partial charge >= 0.3 is 0 Å². The zero-order valence-electron chi connectivity index (χ0n) is 14.7. The molecule has 0 radical (unpaired) electrons. The number of benzene rings is 1. The van der Waals surface area contributed by atoms with Crippen molar-refractivity contribution < 1.29 is 9.47 Å². The third-order valence-electron chi connectivity index (χ3n) is 4.62. The summed E-state index contributed by atoms with van der Waals surface area (Å²) < 4.78 is 13.0. The quantitative estimate of drug-likeness (QED) is 0.875. The normalized spacial score (nSPS) is 20.2. The molecule has 0 saturated carbocycles. The van der Waals surface area contributed by atoms with Crippen LogP contribution in [0.25, 0.3) is 0 Å². The second kappa shape index (κ2) is 8.15. The first-order chi connectivity index (χ1) is 12.2. The molecular weight excluding hydrogens is 316 g/mol. The lowest BCUT2D eigenvalue weighted by molar-refractivity contribution is -0.0279. The van der Waals surface area contributed by atoms with Crippen LogP contribution in [0.15, 0.2) is 30.6 Å². The number of ether oxygens (including phenoxy) is 2. The molecule has 0 bridgehead atoms. The Bertz CT molecular complexity index is 750. The summed E-state index contributed by atoms with van der Waals surface area (Å²) in [5.41, 5.74) is 2.79. The smallest absolute Gasteiger partial charge is 0.136 e. The molecule has 2 atom stereocenters. The molecule has 132 valence electrons. The molecule has 6 nitrogen and oxygen atoms in total. The number of nitrogens with zero attached hydrogens (tertiary/aromatic N) is 3. The Hall–Kier alpha value is -2.36. The molecule has 6 heteroatoms. The van der Waals surface area contributed by atoms with Crippen LogP contribution in [0.1, 0.15) is 35.6 Å². The fraction of sp³-hybridized carbons (Fsp3) is 0.474. The molecule has 0 spiro atoms. The first-order valence-electron chi connectivity index (χ1n) is 8.59. The maximum Gasteiger partial charge on any atom is 0.136 e. The Morgan fingerprint density at radius 1 is 1.48 bits per heavy atom. The van der Waals surface area contributed by atoms with Crippen LogP contribution < -0.4 is 10.1 Å². The minimum atomic E-state index is 0.0977. The molecule has 1 aromatic carbocycles. The number of methoxy groups -OCH3 is 1. The van der Waals surface area contributed by atoms with Crippen molar-refractivity contribution in [3.05, 3.63) is 47.3 Å². The zero-order chi connectivity index (χ0) is 17.6. The van der Waals surface area contributed by atoms with Gasteiger partial charge in [-0.3, -0.25) is 4.68 Å². The van der Waals surface area contributed by atoms with Crippen LogP contribution >= 0.6 is 0 Å². The molecule has 2 aromatic rings. The van der Waals surface area contributed by atoms with Gasteiger partial charge in [0.1, 0.15) is 11.8 Å². The Morgan fingerprint density at radius 3 is 3.08 bits per heavy atom. The van der Waals surface area contributed by atoms with E-state index in [1.807, 2.05) is 42.3 Å². The Labute approximate surface area is 148 Å². The van der Waals surface area contributed by atoms with Gasteiger partial charge in [-0.1, -0.05) is 6.07 Å². The van der Waals surface area contributed by atoms with Crippen molar-refractivity contribution in [2.45, 2.75) is 25.5 Å². The number of nitrogens with one attached hydrogen (secondary N) is 1. The highest BCUT2D eigenvalue weighted by Crippen LogP contribution is 2.33. The van der Waals surface area contributed by atoms with E-state index >= 15 is 0 Å². The molecule has 1 aliphatic rings. The van der Waals surface area contributed by atoms with Gasteiger partial charge in [0.2, 0.25) is 0 Å². The van der Waals surface area contributed by atoms with Gasteiger partial charge in [0, 0.05) is 44.4 Å². The number of hydrogen-bond acceptors (Lipinski definition) is 5. The molecule has 0 amide bonds. The maximum atomic E-state index is 9.19. The van der Waals surface area contributed by atoms with E-state index in [0.29, 0.717) is 17.2 Å². The highest BCUT2D eigenvalue weighted by molar-refractivity contribution is 5.45. The predicted molar refractivity (Wildman–Crippen MR) is 94.0 cm³/mol. The van der Waals surface area contributed by atoms with Crippen molar-refractivity contribution >= 4 is 0 Å². The number of rotatable bonds is 6. The van der Waals surface area contributed by atoms with Crippen LogP contribution in [-0.4, -0.2) is 30.0 Å². The molecular formula is C19H24N4O2. The topological polar surface area (TPSA) is 72.1 Å². The van der Waals surface area contributed by atoms with Gasteiger partial charge in [-0.2, -0.15) is 10.4 Å². The van der Waals surface area contributed by atoms with E-state index in [0.717, 1.165) is 43.7 Å². The van der Waals surface area contributed by atoms with Crippen LogP contribution in [0.4, 0.5) is 0 Å². The minimum absolute atomic E-state index is 0.0977. The minimum Gasteiger partial charge on any atom is -0.495 e. The van der Waals surface area contributed by atoms with Crippen LogP contribution in [0, 0.1) is 17.2 Å². The van der Waals surface area contributed by atoms with Gasteiger partial charge in [-0.25, -0.2) is 0 Å². The standard InChI is InChI=1S/C19H24N4O2/c1-23-13-17(12-22-23)19-15(4-3-7-25-19)11-21-10-14-5-6-18(24-2)16(8-14)9-20/h5-6,8,12-13,15,19,21H,3-4,7,10-11H2,1-2H3/t15-,19+/m0/s1. The largest absolute Gasteiger partial charge is 0.495 e. The van der Waals surface area contributed by atoms with Crippen molar-refractivity contribution in [1.29, 1.82) is 5.26 Å². The van der Waals surface area contributed by atoms with Gasteiger partial charge in [0.05, 0.1) is 25.0 Å². The molecule has 1 saturated heterocycles. The molecule has 1 fully saturated rings. The zero-order valence-corrected chi connectivity index (χ0v) is 14.7. The summed E-state index contributed by atoms with van der Waals surface area (Å²) in [5, 5.41) is 17.0. The Morgan fingerprint density at radius 2 is 2.36 bits per heavy atom. The molecule has 0 aliphatic carbocycles. The molecule has 1 N–H and O–H groups in total. The number of nitriles is 1. The van der Waals surface area contributed by atoms with E-state index in [1.165, 1.54) is 0 Å². The van der Waals surface area contributed by atoms with E-state index in [1.54, 1.807) is 7.11 Å². The van der Waals surface area contributed by atoms with Crippen LogP contribution in [0.5, 0.6) is 5.75 Å². The van der Waals surface area contributed by atoms with Gasteiger partial charge in [0.25, 0.3) is 0 Å². The summed E-state index contributed by atoms with van der Waals surface area (Å²) in [4.78, 5) is 0. The van der Waals surface area contributed by atoms with Gasteiger partial charge < -0.3 is 14.8 Å². The summed E-state index contributed by atoms with van der Waals surface area (Å²) in [6.45, 7) is 2.39. The van der Waals surface area contributed by atoms with E-state index < -0.39 is 0 Å². The second-order valence-corrected chi connectivity index (χ2v) is 6.42. The molecule has 1 aliphatic heterocycles. The average molecular weight is 340 g/mol. The molecule has 2 heterocycles. The fourth-order valence-electron chi connectivity index (χ4n) is 3.36. The highest BCUT2D eigenvalue weighted by Gasteiger charge is 2.28. The maximum absolute atomic E-state index is 9.19. The monoisotopic (exact) mass is 340 g/mol.